The zero-order valence-corrected chi connectivity index (χ0v) is 16.8. The summed E-state index contributed by atoms with van der Waals surface area (Å²) in [6.07, 6.45) is 12.0. The van der Waals surface area contributed by atoms with Crippen LogP contribution in [0.25, 0.3) is 0 Å². The summed E-state index contributed by atoms with van der Waals surface area (Å²) in [5.74, 6) is 0. The van der Waals surface area contributed by atoms with Crippen molar-refractivity contribution in [3.05, 3.63) is 0 Å². The second-order valence-corrected chi connectivity index (χ2v) is 6.08. The van der Waals surface area contributed by atoms with Crippen LogP contribution in [0.3, 0.4) is 0 Å². The van der Waals surface area contributed by atoms with Crippen LogP contribution < -0.4 is 0 Å². The fourth-order valence-corrected chi connectivity index (χ4v) is 2.45. The minimum Gasteiger partial charge on any atom is -0.246 e. The molecule has 0 aliphatic rings. The average Bonchev–Trinajstić information content (AvgIpc) is 2.42. The first-order valence-electron chi connectivity index (χ1n) is 7.82. The van der Waals surface area contributed by atoms with Gasteiger partial charge in [-0.2, -0.15) is 8.42 Å². The molecule has 0 heterocycles. The summed E-state index contributed by atoms with van der Waals surface area (Å²) in [6.45, 7) is 4.19. The molecular formula is C14H30NaO5S. The Hall–Kier alpha value is 0.830. The topological polar surface area (TPSA) is 61.8 Å². The minimum absolute atomic E-state index is 0. The molecule has 0 aromatic rings. The Balaban J connectivity index is 0. The van der Waals surface area contributed by atoms with Crippen molar-refractivity contribution in [2.45, 2.75) is 78.1 Å². The Morgan fingerprint density at radius 2 is 1.24 bits per heavy atom. The summed E-state index contributed by atoms with van der Waals surface area (Å²) in [4.78, 5) is 4.34. The van der Waals surface area contributed by atoms with Crippen LogP contribution in [0.2, 0.25) is 0 Å². The molecule has 0 fully saturated rings. The second-order valence-electron chi connectivity index (χ2n) is 4.89. The van der Waals surface area contributed by atoms with E-state index in [-0.39, 0.29) is 42.8 Å². The van der Waals surface area contributed by atoms with Gasteiger partial charge in [0.05, 0.1) is 13.2 Å². The van der Waals surface area contributed by atoms with Crippen LogP contribution in [0, 0.1) is 0 Å². The first kappa shape index (κ1) is 24.1. The maximum absolute atomic E-state index is 11.1. The fraction of sp³-hybridized carbons (Fsp3) is 1.00. The fourth-order valence-electron chi connectivity index (χ4n) is 1.88. The van der Waals surface area contributed by atoms with Crippen LogP contribution in [0.4, 0.5) is 0 Å². The van der Waals surface area contributed by atoms with E-state index in [4.69, 9.17) is 0 Å². The molecule has 0 rings (SSSR count). The summed E-state index contributed by atoms with van der Waals surface area (Å²) in [6, 6.07) is 0. The van der Waals surface area contributed by atoms with Crippen molar-refractivity contribution in [2.75, 3.05) is 13.2 Å². The Bertz CT molecular complexity index is 296. The van der Waals surface area contributed by atoms with Gasteiger partial charge in [0.25, 0.3) is 0 Å². The summed E-state index contributed by atoms with van der Waals surface area (Å²) in [5.41, 5.74) is 0. The number of rotatable bonds is 15. The molecule has 0 N–H and O–H groups in total. The van der Waals surface area contributed by atoms with Crippen molar-refractivity contribution in [3.63, 3.8) is 0 Å². The number of unbranched alkanes of at least 4 members (excludes halogenated alkanes) is 9. The Morgan fingerprint density at radius 1 is 0.762 bits per heavy atom. The van der Waals surface area contributed by atoms with Crippen LogP contribution in [0.5, 0.6) is 0 Å². The third kappa shape index (κ3) is 18.8. The van der Waals surface area contributed by atoms with E-state index < -0.39 is 10.4 Å². The van der Waals surface area contributed by atoms with Crippen molar-refractivity contribution < 1.29 is 21.8 Å². The molecule has 0 saturated carbocycles. The van der Waals surface area contributed by atoms with E-state index in [1.165, 1.54) is 44.9 Å². The number of hydrogen-bond donors (Lipinski definition) is 0. The Morgan fingerprint density at radius 3 is 1.71 bits per heavy atom. The normalized spacial score (nSPS) is 11.3. The van der Waals surface area contributed by atoms with Gasteiger partial charge in [-0.05, 0) is 13.3 Å². The van der Waals surface area contributed by atoms with Crippen molar-refractivity contribution in [1.82, 2.24) is 0 Å². The Labute approximate surface area is 152 Å². The van der Waals surface area contributed by atoms with E-state index in [1.807, 2.05) is 0 Å². The summed E-state index contributed by atoms with van der Waals surface area (Å²) >= 11 is 0. The molecule has 0 spiro atoms. The predicted molar refractivity (Wildman–Crippen MR) is 85.2 cm³/mol. The molecule has 123 valence electrons. The van der Waals surface area contributed by atoms with Crippen molar-refractivity contribution in [2.24, 2.45) is 0 Å². The van der Waals surface area contributed by atoms with Gasteiger partial charge >= 0.3 is 10.4 Å². The van der Waals surface area contributed by atoms with Gasteiger partial charge in [0.15, 0.2) is 0 Å². The maximum Gasteiger partial charge on any atom is 0.426 e. The molecule has 0 aromatic carbocycles. The third-order valence-corrected chi connectivity index (χ3v) is 3.69. The molecule has 7 heteroatoms. The van der Waals surface area contributed by atoms with Crippen LogP contribution in [0.15, 0.2) is 0 Å². The van der Waals surface area contributed by atoms with Crippen LogP contribution in [-0.4, -0.2) is 51.2 Å². The molecular weight excluding hydrogens is 303 g/mol. The van der Waals surface area contributed by atoms with Gasteiger partial charge in [-0.15, -0.1) is 0 Å². The molecule has 0 aliphatic carbocycles. The van der Waals surface area contributed by atoms with Gasteiger partial charge in [0.1, 0.15) is 0 Å². The molecule has 0 atom stereocenters. The first-order chi connectivity index (χ1) is 9.62. The third-order valence-electron chi connectivity index (χ3n) is 2.97. The molecule has 1 radical (unpaired) electrons. The zero-order valence-electron chi connectivity index (χ0n) is 13.9. The van der Waals surface area contributed by atoms with E-state index in [2.05, 4.69) is 20.3 Å². The largest absolute Gasteiger partial charge is 0.426 e. The van der Waals surface area contributed by atoms with Crippen molar-refractivity contribution >= 4 is 40.0 Å². The van der Waals surface area contributed by atoms with Gasteiger partial charge in [-0.3, -0.25) is 0 Å². The molecule has 0 aliphatic heterocycles. The van der Waals surface area contributed by atoms with E-state index in [0.29, 0.717) is 0 Å². The SMILES string of the molecule is CCCCCCCCCCCCOS(=O)(=O)OOCC.[Na]. The van der Waals surface area contributed by atoms with E-state index >= 15 is 0 Å². The summed E-state index contributed by atoms with van der Waals surface area (Å²) < 4.78 is 30.9. The summed E-state index contributed by atoms with van der Waals surface area (Å²) in [7, 11) is -3.98. The molecule has 0 amide bonds. The van der Waals surface area contributed by atoms with Crippen LogP contribution >= 0.6 is 0 Å². The minimum atomic E-state index is -3.98. The van der Waals surface area contributed by atoms with E-state index in [0.717, 1.165) is 19.3 Å². The zero-order chi connectivity index (χ0) is 15.1. The predicted octanol–water partition coefficient (Wildman–Crippen LogP) is 3.76. The summed E-state index contributed by atoms with van der Waals surface area (Å²) in [5, 5.41) is 0. The van der Waals surface area contributed by atoms with E-state index in [9.17, 15) is 8.42 Å². The van der Waals surface area contributed by atoms with Crippen molar-refractivity contribution in [3.8, 4) is 0 Å². The maximum atomic E-state index is 11.1. The molecule has 0 unspecified atom stereocenters. The smallest absolute Gasteiger partial charge is 0.246 e. The van der Waals surface area contributed by atoms with Crippen molar-refractivity contribution in [1.29, 1.82) is 0 Å². The molecule has 0 saturated heterocycles. The molecule has 0 bridgehead atoms. The molecule has 0 aromatic heterocycles. The van der Waals surface area contributed by atoms with Crippen LogP contribution in [-0.2, 0) is 23.8 Å². The van der Waals surface area contributed by atoms with Gasteiger partial charge in [0, 0.05) is 29.6 Å². The van der Waals surface area contributed by atoms with E-state index in [1.54, 1.807) is 6.92 Å². The molecule has 21 heavy (non-hydrogen) atoms. The van der Waals surface area contributed by atoms with Gasteiger partial charge in [-0.1, -0.05) is 69.0 Å². The van der Waals surface area contributed by atoms with Gasteiger partial charge < -0.3 is 0 Å². The second kappa shape index (κ2) is 17.2. The Kier molecular flexibility index (Phi) is 19.7. The first-order valence-corrected chi connectivity index (χ1v) is 9.16. The van der Waals surface area contributed by atoms with Gasteiger partial charge in [0.2, 0.25) is 0 Å². The van der Waals surface area contributed by atoms with Crippen LogP contribution in [0.1, 0.15) is 78.1 Å². The van der Waals surface area contributed by atoms with Gasteiger partial charge in [-0.25, -0.2) is 9.07 Å². The number of hydrogen-bond acceptors (Lipinski definition) is 5. The quantitative estimate of drug-likeness (QED) is 0.198. The average molecular weight is 333 g/mol. The standard InChI is InChI=1S/C14H30O5S.Na/c1-3-5-6-7-8-9-10-11-12-13-14-18-20(15,16)19-17-4-2;/h3-14H2,1-2H3;. The monoisotopic (exact) mass is 333 g/mol. The molecule has 5 nitrogen and oxygen atoms in total.